The van der Waals surface area contributed by atoms with Crippen molar-refractivity contribution in [3.8, 4) is 11.4 Å². The predicted molar refractivity (Wildman–Crippen MR) is 110 cm³/mol. The first-order chi connectivity index (χ1) is 13.6. The fourth-order valence-electron chi connectivity index (χ4n) is 2.64. The maximum atomic E-state index is 12.7. The number of hydrogen-bond acceptors (Lipinski definition) is 6. The second kappa shape index (κ2) is 8.22. The molecule has 0 spiro atoms. The van der Waals surface area contributed by atoms with Crippen molar-refractivity contribution in [2.75, 3.05) is 18.0 Å². The molecule has 0 aliphatic carbocycles. The lowest BCUT2D eigenvalue weighted by atomic mass is 10.1. The second-order valence-corrected chi connectivity index (χ2v) is 8.77. The molecule has 0 fully saturated rings. The minimum absolute atomic E-state index is 0.127. The number of aromatic nitrogens is 2. The number of amides is 1. The number of hydrogen-bond donors (Lipinski definition) is 1. The first-order valence-electron chi connectivity index (χ1n) is 8.55. The monoisotopic (exact) mass is 434 g/mol. The van der Waals surface area contributed by atoms with Crippen molar-refractivity contribution in [1.82, 2.24) is 15.0 Å². The summed E-state index contributed by atoms with van der Waals surface area (Å²) < 4.78 is 30.4. The molecule has 10 heteroatoms. The summed E-state index contributed by atoms with van der Waals surface area (Å²) in [4.78, 5) is 18.4. The van der Waals surface area contributed by atoms with Crippen molar-refractivity contribution >= 4 is 33.2 Å². The van der Waals surface area contributed by atoms with E-state index >= 15 is 0 Å². The quantitative estimate of drug-likeness (QED) is 0.637. The predicted octanol–water partition coefficient (Wildman–Crippen LogP) is 3.34. The summed E-state index contributed by atoms with van der Waals surface area (Å²) in [6, 6.07) is 11.8. The number of nitrogens with one attached hydrogen (secondary N) is 1. The van der Waals surface area contributed by atoms with E-state index in [0.717, 1.165) is 11.8 Å². The summed E-state index contributed by atoms with van der Waals surface area (Å²) in [7, 11) is -1.78. The van der Waals surface area contributed by atoms with Crippen LogP contribution in [0.4, 0.5) is 5.69 Å². The zero-order chi connectivity index (χ0) is 21.2. The fraction of sp³-hybridized carbons (Fsp3) is 0.211. The third kappa shape index (κ3) is 5.33. The summed E-state index contributed by atoms with van der Waals surface area (Å²) in [5, 5.41) is 4.54. The van der Waals surface area contributed by atoms with Gasteiger partial charge in [0.1, 0.15) is 0 Å². The normalized spacial score (nSPS) is 11.3. The lowest BCUT2D eigenvalue weighted by Gasteiger charge is -2.16. The van der Waals surface area contributed by atoms with Gasteiger partial charge in [-0.2, -0.15) is 4.98 Å². The van der Waals surface area contributed by atoms with Crippen LogP contribution in [-0.2, 0) is 16.6 Å². The Morgan fingerprint density at radius 1 is 1.21 bits per heavy atom. The zero-order valence-corrected chi connectivity index (χ0v) is 17.6. The average Bonchev–Trinajstić information content (AvgIpc) is 3.10. The molecule has 1 N–H and O–H groups in total. The Kier molecular flexibility index (Phi) is 5.90. The topological polar surface area (TPSA) is 105 Å². The third-order valence-electron chi connectivity index (χ3n) is 4.06. The largest absolute Gasteiger partial charge is 0.337 e. The van der Waals surface area contributed by atoms with Crippen LogP contribution in [-0.4, -0.2) is 42.7 Å². The third-order valence-corrected chi connectivity index (χ3v) is 4.90. The molecule has 0 bridgehead atoms. The van der Waals surface area contributed by atoms with Crippen LogP contribution in [0.1, 0.15) is 21.8 Å². The molecule has 0 saturated carbocycles. The SMILES string of the molecule is Cc1cc(C(=O)N(C)Cc2nc(-c3ccc(Cl)cc3)no2)ccc1NS(C)(=O)=O. The summed E-state index contributed by atoms with van der Waals surface area (Å²) >= 11 is 5.88. The number of halogens is 1. The van der Waals surface area contributed by atoms with E-state index in [9.17, 15) is 13.2 Å². The highest BCUT2D eigenvalue weighted by molar-refractivity contribution is 7.92. The second-order valence-electron chi connectivity index (χ2n) is 6.58. The highest BCUT2D eigenvalue weighted by Crippen LogP contribution is 2.21. The van der Waals surface area contributed by atoms with Gasteiger partial charge < -0.3 is 9.42 Å². The zero-order valence-electron chi connectivity index (χ0n) is 16.0. The first-order valence-corrected chi connectivity index (χ1v) is 10.8. The molecular formula is C19H19ClN4O4S. The van der Waals surface area contributed by atoms with Crippen LogP contribution in [0.2, 0.25) is 5.02 Å². The van der Waals surface area contributed by atoms with Crippen LogP contribution in [0, 0.1) is 6.92 Å². The van der Waals surface area contributed by atoms with Crippen molar-refractivity contribution in [3.63, 3.8) is 0 Å². The van der Waals surface area contributed by atoms with Gasteiger partial charge in [0.05, 0.1) is 18.5 Å². The molecule has 0 saturated heterocycles. The molecule has 3 rings (SSSR count). The molecule has 1 amide bonds. The Morgan fingerprint density at radius 2 is 1.90 bits per heavy atom. The molecular weight excluding hydrogens is 416 g/mol. The van der Waals surface area contributed by atoms with Gasteiger partial charge in [-0.3, -0.25) is 9.52 Å². The maximum Gasteiger partial charge on any atom is 0.254 e. The lowest BCUT2D eigenvalue weighted by Crippen LogP contribution is -2.26. The highest BCUT2D eigenvalue weighted by atomic mass is 35.5. The van der Waals surface area contributed by atoms with E-state index in [4.69, 9.17) is 16.1 Å². The van der Waals surface area contributed by atoms with Gasteiger partial charge in [-0.15, -0.1) is 0 Å². The van der Waals surface area contributed by atoms with Gasteiger partial charge >= 0.3 is 0 Å². The Hall–Kier alpha value is -2.91. The average molecular weight is 435 g/mol. The fourth-order valence-corrected chi connectivity index (χ4v) is 3.40. The van der Waals surface area contributed by atoms with E-state index in [-0.39, 0.29) is 18.3 Å². The number of benzene rings is 2. The summed E-state index contributed by atoms with van der Waals surface area (Å²) in [6.07, 6.45) is 1.07. The van der Waals surface area contributed by atoms with E-state index in [1.807, 2.05) is 0 Å². The number of carbonyl (C=O) groups excluding carboxylic acids is 1. The minimum Gasteiger partial charge on any atom is -0.337 e. The summed E-state index contributed by atoms with van der Waals surface area (Å²) in [6.45, 7) is 1.85. The van der Waals surface area contributed by atoms with Crippen LogP contribution in [0.15, 0.2) is 47.0 Å². The summed E-state index contributed by atoms with van der Waals surface area (Å²) in [5.74, 6) is 0.438. The molecule has 152 valence electrons. The van der Waals surface area contributed by atoms with Crippen molar-refractivity contribution in [2.24, 2.45) is 0 Å². The molecule has 8 nitrogen and oxygen atoms in total. The molecule has 1 heterocycles. The molecule has 1 aromatic heterocycles. The van der Waals surface area contributed by atoms with Gasteiger partial charge in [0.2, 0.25) is 21.7 Å². The van der Waals surface area contributed by atoms with Crippen molar-refractivity contribution < 1.29 is 17.7 Å². The molecule has 0 aliphatic heterocycles. The van der Waals surface area contributed by atoms with E-state index in [1.165, 1.54) is 4.90 Å². The van der Waals surface area contributed by atoms with Crippen LogP contribution in [0.3, 0.4) is 0 Å². The molecule has 0 atom stereocenters. The Labute approximate surface area is 173 Å². The van der Waals surface area contributed by atoms with Crippen molar-refractivity contribution in [1.29, 1.82) is 0 Å². The van der Waals surface area contributed by atoms with Crippen LogP contribution in [0.25, 0.3) is 11.4 Å². The van der Waals surface area contributed by atoms with Crippen molar-refractivity contribution in [3.05, 3.63) is 64.5 Å². The van der Waals surface area contributed by atoms with Crippen LogP contribution in [0.5, 0.6) is 0 Å². The molecule has 0 aliphatic rings. The number of nitrogens with zero attached hydrogens (tertiary/aromatic N) is 3. The smallest absolute Gasteiger partial charge is 0.254 e. The summed E-state index contributed by atoms with van der Waals surface area (Å²) in [5.41, 5.74) is 2.23. The molecule has 0 unspecified atom stereocenters. The van der Waals surface area contributed by atoms with Crippen LogP contribution < -0.4 is 4.72 Å². The van der Waals surface area contributed by atoms with Gasteiger partial charge in [0.15, 0.2) is 0 Å². The lowest BCUT2D eigenvalue weighted by molar-refractivity contribution is 0.0769. The van der Waals surface area contributed by atoms with E-state index in [0.29, 0.717) is 27.7 Å². The number of carbonyl (C=O) groups is 1. The number of rotatable bonds is 6. The maximum absolute atomic E-state index is 12.7. The molecule has 2 aromatic carbocycles. The van der Waals surface area contributed by atoms with E-state index in [1.54, 1.807) is 56.4 Å². The van der Waals surface area contributed by atoms with Crippen molar-refractivity contribution in [2.45, 2.75) is 13.5 Å². The van der Waals surface area contributed by atoms with Gasteiger partial charge in [0.25, 0.3) is 5.91 Å². The van der Waals surface area contributed by atoms with E-state index in [2.05, 4.69) is 14.9 Å². The number of aryl methyl sites for hydroxylation is 1. The molecule has 3 aromatic rings. The Morgan fingerprint density at radius 3 is 2.52 bits per heavy atom. The van der Waals surface area contributed by atoms with Gasteiger partial charge in [0, 0.05) is 23.2 Å². The van der Waals surface area contributed by atoms with Gasteiger partial charge in [-0.25, -0.2) is 8.42 Å². The Balaban J connectivity index is 1.71. The molecule has 29 heavy (non-hydrogen) atoms. The van der Waals surface area contributed by atoms with E-state index < -0.39 is 10.0 Å². The highest BCUT2D eigenvalue weighted by Gasteiger charge is 2.17. The van der Waals surface area contributed by atoms with Crippen LogP contribution >= 0.6 is 11.6 Å². The number of anilines is 1. The molecule has 0 radical (unpaired) electrons. The minimum atomic E-state index is -3.39. The standard InChI is InChI=1S/C19H19ClN4O4S/c1-12-10-14(6-9-16(12)23-29(3,26)27)19(25)24(2)11-17-21-18(22-28-17)13-4-7-15(20)8-5-13/h4-10,23H,11H2,1-3H3. The first kappa shape index (κ1) is 20.8. The van der Waals surface area contributed by atoms with Gasteiger partial charge in [-0.1, -0.05) is 16.8 Å². The van der Waals surface area contributed by atoms with Gasteiger partial charge in [-0.05, 0) is 55.0 Å². The Bertz CT molecular complexity index is 1140. The number of sulfonamides is 1.